The molecule has 0 unspecified atom stereocenters. The Hall–Kier alpha value is -2.82. The van der Waals surface area contributed by atoms with Crippen LogP contribution in [0.1, 0.15) is 5.56 Å². The Morgan fingerprint density at radius 3 is 2.52 bits per heavy atom. The van der Waals surface area contributed by atoms with Gasteiger partial charge in [-0.15, -0.1) is 0 Å². The van der Waals surface area contributed by atoms with Crippen molar-refractivity contribution < 1.29 is 18.9 Å². The van der Waals surface area contributed by atoms with Gasteiger partial charge in [-0.1, -0.05) is 0 Å². The van der Waals surface area contributed by atoms with E-state index in [0.29, 0.717) is 22.9 Å². The van der Waals surface area contributed by atoms with Crippen LogP contribution in [0, 0.1) is 6.92 Å². The van der Waals surface area contributed by atoms with Gasteiger partial charge < -0.3 is 29.6 Å². The van der Waals surface area contributed by atoms with Crippen LogP contribution < -0.4 is 26.6 Å². The molecule has 1 aliphatic heterocycles. The number of benzene rings is 1. The maximum absolute atomic E-state index is 11.9. The second kappa shape index (κ2) is 7.38. The lowest BCUT2D eigenvalue weighted by Gasteiger charge is -2.23. The van der Waals surface area contributed by atoms with Gasteiger partial charge in [0.15, 0.2) is 13.6 Å². The number of rotatable bonds is 7. The minimum Gasteiger partial charge on any atom is -0.467 e. The van der Waals surface area contributed by atoms with Crippen molar-refractivity contribution in [3.05, 3.63) is 38.5 Å². The molecule has 2 heterocycles. The first-order chi connectivity index (χ1) is 12.1. The number of aromatic amines is 2. The summed E-state index contributed by atoms with van der Waals surface area (Å²) in [5, 5.41) is 6.01. The fourth-order valence-corrected chi connectivity index (χ4v) is 2.33. The third kappa shape index (κ3) is 3.82. The first-order valence-corrected chi connectivity index (χ1v) is 7.41. The van der Waals surface area contributed by atoms with Crippen LogP contribution in [0.25, 0.3) is 0 Å². The van der Waals surface area contributed by atoms with Crippen molar-refractivity contribution in [1.82, 2.24) is 9.97 Å². The van der Waals surface area contributed by atoms with Crippen molar-refractivity contribution in [1.29, 1.82) is 0 Å². The van der Waals surface area contributed by atoms with Gasteiger partial charge in [-0.2, -0.15) is 0 Å². The Kier molecular flexibility index (Phi) is 5.03. The summed E-state index contributed by atoms with van der Waals surface area (Å²) in [4.78, 5) is 28.0. The van der Waals surface area contributed by atoms with Gasteiger partial charge in [-0.05, 0) is 18.6 Å². The third-order valence-corrected chi connectivity index (χ3v) is 3.44. The average molecular weight is 350 g/mol. The first-order valence-electron chi connectivity index (χ1n) is 7.41. The molecule has 0 aliphatic carbocycles. The standard InChI is InChI=1S/C15H18N4O6/c1-8-3-9-10(4-11(8)25-7-24-6-23-5-22-2)17-13-12(16-9)14(20)19-15(21)18-13/h3-4,16H,5-7H2,1-2H3,(H3,17,18,19,20,21). The molecule has 1 aromatic heterocycles. The number of H-pyrrole nitrogens is 2. The molecule has 134 valence electrons. The second-order valence-corrected chi connectivity index (χ2v) is 5.27. The summed E-state index contributed by atoms with van der Waals surface area (Å²) in [6.07, 6.45) is 0. The van der Waals surface area contributed by atoms with E-state index >= 15 is 0 Å². The normalized spacial score (nSPS) is 11.9. The topological polar surface area (TPSA) is 127 Å². The van der Waals surface area contributed by atoms with Gasteiger partial charge in [-0.3, -0.25) is 14.8 Å². The quantitative estimate of drug-likeness (QED) is 0.369. The number of methoxy groups -OCH3 is 1. The molecule has 0 saturated carbocycles. The van der Waals surface area contributed by atoms with Crippen LogP contribution in [0.4, 0.5) is 22.9 Å². The van der Waals surface area contributed by atoms with E-state index in [9.17, 15) is 9.59 Å². The predicted octanol–water partition coefficient (Wildman–Crippen LogP) is 1.10. The molecule has 0 fully saturated rings. The Labute approximate surface area is 142 Å². The van der Waals surface area contributed by atoms with Gasteiger partial charge in [0, 0.05) is 13.2 Å². The minimum absolute atomic E-state index is 0.00383. The highest BCUT2D eigenvalue weighted by Gasteiger charge is 2.20. The lowest BCUT2D eigenvalue weighted by molar-refractivity contribution is -0.145. The van der Waals surface area contributed by atoms with Gasteiger partial charge in [0.05, 0.1) is 11.4 Å². The second-order valence-electron chi connectivity index (χ2n) is 5.27. The highest BCUT2D eigenvalue weighted by molar-refractivity contribution is 5.89. The molecule has 1 aliphatic rings. The number of fused-ring (bicyclic) bond motifs is 2. The number of hydrogen-bond donors (Lipinski definition) is 4. The van der Waals surface area contributed by atoms with Crippen LogP contribution in [-0.2, 0) is 14.2 Å². The molecule has 0 atom stereocenters. The van der Waals surface area contributed by atoms with Crippen LogP contribution >= 0.6 is 0 Å². The Morgan fingerprint density at radius 2 is 1.72 bits per heavy atom. The third-order valence-electron chi connectivity index (χ3n) is 3.44. The van der Waals surface area contributed by atoms with E-state index in [1.807, 2.05) is 13.0 Å². The summed E-state index contributed by atoms with van der Waals surface area (Å²) in [6.45, 7) is 2.06. The van der Waals surface area contributed by atoms with Crippen molar-refractivity contribution in [2.75, 3.05) is 38.1 Å². The molecular weight excluding hydrogens is 332 g/mol. The number of nitrogens with one attached hydrogen (secondary N) is 4. The molecule has 2 aromatic rings. The van der Waals surface area contributed by atoms with Gasteiger partial charge in [0.2, 0.25) is 0 Å². The number of aromatic nitrogens is 2. The van der Waals surface area contributed by atoms with Crippen molar-refractivity contribution in [2.45, 2.75) is 6.92 Å². The summed E-state index contributed by atoms with van der Waals surface area (Å²) in [5.74, 6) is 0.885. The van der Waals surface area contributed by atoms with Gasteiger partial charge in [0.1, 0.15) is 24.0 Å². The summed E-state index contributed by atoms with van der Waals surface area (Å²) in [6, 6.07) is 3.58. The molecule has 1 aromatic carbocycles. The highest BCUT2D eigenvalue weighted by Crippen LogP contribution is 2.38. The molecule has 0 spiro atoms. The zero-order chi connectivity index (χ0) is 17.8. The van der Waals surface area contributed by atoms with E-state index < -0.39 is 11.2 Å². The number of aryl methyl sites for hydroxylation is 1. The Bertz CT molecular complexity index is 875. The van der Waals surface area contributed by atoms with E-state index in [1.165, 1.54) is 7.11 Å². The maximum Gasteiger partial charge on any atom is 0.327 e. The first kappa shape index (κ1) is 17.0. The Balaban J connectivity index is 1.72. The van der Waals surface area contributed by atoms with Crippen LogP contribution in [0.3, 0.4) is 0 Å². The summed E-state index contributed by atoms with van der Waals surface area (Å²) in [5.41, 5.74) is 1.36. The van der Waals surface area contributed by atoms with Crippen LogP contribution in [-0.4, -0.2) is 37.5 Å². The molecule has 10 heteroatoms. The SMILES string of the molecule is COCOCOCOc1cc2c(cc1C)Nc1c([nH]c(=O)[nH]c1=O)N2. The molecule has 25 heavy (non-hydrogen) atoms. The summed E-state index contributed by atoms with van der Waals surface area (Å²) < 4.78 is 20.5. The highest BCUT2D eigenvalue weighted by atomic mass is 16.8. The van der Waals surface area contributed by atoms with E-state index in [4.69, 9.17) is 18.9 Å². The maximum atomic E-state index is 11.9. The van der Waals surface area contributed by atoms with Gasteiger partial charge >= 0.3 is 5.69 Å². The number of anilines is 4. The minimum atomic E-state index is -0.588. The lowest BCUT2D eigenvalue weighted by atomic mass is 10.1. The molecule has 0 saturated heterocycles. The largest absolute Gasteiger partial charge is 0.467 e. The van der Waals surface area contributed by atoms with Gasteiger partial charge in [-0.25, -0.2) is 4.79 Å². The number of ether oxygens (including phenoxy) is 4. The fraction of sp³-hybridized carbons (Fsp3) is 0.333. The van der Waals surface area contributed by atoms with E-state index in [0.717, 1.165) is 5.56 Å². The van der Waals surface area contributed by atoms with E-state index in [2.05, 4.69) is 20.6 Å². The predicted molar refractivity (Wildman–Crippen MR) is 89.8 cm³/mol. The average Bonchev–Trinajstić information content (AvgIpc) is 2.57. The summed E-state index contributed by atoms with van der Waals surface area (Å²) in [7, 11) is 1.52. The summed E-state index contributed by atoms with van der Waals surface area (Å²) >= 11 is 0. The van der Waals surface area contributed by atoms with Crippen LogP contribution in [0.5, 0.6) is 5.75 Å². The molecular formula is C15H18N4O6. The van der Waals surface area contributed by atoms with Crippen molar-refractivity contribution in [3.63, 3.8) is 0 Å². The Morgan fingerprint density at radius 1 is 0.960 bits per heavy atom. The van der Waals surface area contributed by atoms with Crippen molar-refractivity contribution >= 4 is 22.9 Å². The molecule has 3 rings (SSSR count). The monoisotopic (exact) mass is 350 g/mol. The molecule has 0 bridgehead atoms. The fourth-order valence-electron chi connectivity index (χ4n) is 2.33. The lowest BCUT2D eigenvalue weighted by Crippen LogP contribution is -2.27. The number of hydrogen-bond acceptors (Lipinski definition) is 8. The van der Waals surface area contributed by atoms with Crippen LogP contribution in [0.2, 0.25) is 0 Å². The van der Waals surface area contributed by atoms with E-state index in [1.54, 1.807) is 6.07 Å². The van der Waals surface area contributed by atoms with Gasteiger partial charge in [0.25, 0.3) is 5.56 Å². The molecule has 10 nitrogen and oxygen atoms in total. The zero-order valence-electron chi connectivity index (χ0n) is 13.7. The molecule has 0 radical (unpaired) electrons. The smallest absolute Gasteiger partial charge is 0.327 e. The van der Waals surface area contributed by atoms with Crippen LogP contribution in [0.15, 0.2) is 21.7 Å². The molecule has 0 amide bonds. The molecule has 4 N–H and O–H groups in total. The zero-order valence-corrected chi connectivity index (χ0v) is 13.7. The van der Waals surface area contributed by atoms with Crippen molar-refractivity contribution in [2.24, 2.45) is 0 Å². The van der Waals surface area contributed by atoms with Crippen molar-refractivity contribution in [3.8, 4) is 5.75 Å². The van der Waals surface area contributed by atoms with E-state index in [-0.39, 0.29) is 26.1 Å².